The van der Waals surface area contributed by atoms with Gasteiger partial charge in [-0.1, -0.05) is 18.2 Å². The summed E-state index contributed by atoms with van der Waals surface area (Å²) in [6, 6.07) is 13.5. The van der Waals surface area contributed by atoms with Gasteiger partial charge in [-0.05, 0) is 47.9 Å². The number of aliphatic hydroxyl groups is 1. The summed E-state index contributed by atoms with van der Waals surface area (Å²) in [5.74, 6) is 0.406. The second-order valence-electron chi connectivity index (χ2n) is 6.59. The number of nitrogens with one attached hydrogen (secondary N) is 3. The number of hydrogen-bond donors (Lipinski definition) is 4. The predicted molar refractivity (Wildman–Crippen MR) is 114 cm³/mol. The van der Waals surface area contributed by atoms with Crippen molar-refractivity contribution in [2.75, 3.05) is 30.3 Å². The zero-order valence-corrected chi connectivity index (χ0v) is 16.4. The number of aromatic nitrogens is 2. The van der Waals surface area contributed by atoms with E-state index in [0.717, 1.165) is 11.1 Å². The summed E-state index contributed by atoms with van der Waals surface area (Å²) in [7, 11) is 0. The average Bonchev–Trinajstić information content (AvgIpc) is 2.77. The smallest absolute Gasteiger partial charge is 0.255 e. The molecular weight excluding hydrogens is 385 g/mol. The van der Waals surface area contributed by atoms with Crippen LogP contribution in [-0.2, 0) is 13.0 Å². The summed E-state index contributed by atoms with van der Waals surface area (Å²) < 4.78 is 13.4. The molecule has 0 spiro atoms. The van der Waals surface area contributed by atoms with Crippen molar-refractivity contribution in [3.05, 3.63) is 83.4 Å². The molecule has 30 heavy (non-hydrogen) atoms. The summed E-state index contributed by atoms with van der Waals surface area (Å²) >= 11 is 0. The Morgan fingerprint density at radius 1 is 1.03 bits per heavy atom. The minimum Gasteiger partial charge on any atom is -0.395 e. The summed E-state index contributed by atoms with van der Waals surface area (Å²) in [6.07, 6.45) is 3.94. The third-order valence-electron chi connectivity index (χ3n) is 4.33. The second-order valence-corrected chi connectivity index (χ2v) is 6.59. The summed E-state index contributed by atoms with van der Waals surface area (Å²) in [6.45, 7) is 1.14. The molecule has 3 rings (SSSR count). The topological polar surface area (TPSA) is 99.2 Å². The Hall–Kier alpha value is -3.52. The number of benzene rings is 1. The predicted octanol–water partition coefficient (Wildman–Crippen LogP) is 2.60. The van der Waals surface area contributed by atoms with Crippen LogP contribution in [0.2, 0.25) is 0 Å². The van der Waals surface area contributed by atoms with Crippen molar-refractivity contribution < 1.29 is 14.3 Å². The molecule has 0 aliphatic heterocycles. The molecule has 0 aliphatic carbocycles. The van der Waals surface area contributed by atoms with Crippen molar-refractivity contribution in [3.63, 3.8) is 0 Å². The molecule has 0 aliphatic rings. The quantitative estimate of drug-likeness (QED) is 0.411. The number of carbonyl (C=O) groups excluding carboxylic acids is 1. The molecule has 2 aromatic heterocycles. The first kappa shape index (κ1) is 21.2. The van der Waals surface area contributed by atoms with Crippen LogP contribution in [0.25, 0.3) is 0 Å². The molecule has 8 heteroatoms. The first-order valence-corrected chi connectivity index (χ1v) is 9.67. The van der Waals surface area contributed by atoms with Gasteiger partial charge in [0.1, 0.15) is 17.5 Å². The molecule has 0 unspecified atom stereocenters. The number of rotatable bonds is 10. The van der Waals surface area contributed by atoms with Crippen LogP contribution in [0, 0.1) is 5.82 Å². The maximum atomic E-state index is 13.4. The lowest BCUT2D eigenvalue weighted by atomic mass is 10.1. The monoisotopic (exact) mass is 409 g/mol. The molecule has 7 nitrogen and oxygen atoms in total. The third kappa shape index (κ3) is 6.25. The molecule has 1 aromatic carbocycles. The number of halogens is 1. The van der Waals surface area contributed by atoms with Gasteiger partial charge in [0.05, 0.1) is 12.2 Å². The molecule has 0 bridgehead atoms. The standard InChI is InChI=1S/C22H24FN5O2/c23-18-5-1-3-16(13-18)8-10-26-21-19(6-7-20(28-21)25-11-12-29)22(30)27-15-17-4-2-9-24-14-17/h1-7,9,13-14,29H,8,10-12,15H2,(H,27,30)(H2,25,26,28). The van der Waals surface area contributed by atoms with E-state index in [0.29, 0.717) is 43.3 Å². The number of carbonyl (C=O) groups is 1. The average molecular weight is 409 g/mol. The van der Waals surface area contributed by atoms with Gasteiger partial charge in [-0.15, -0.1) is 0 Å². The van der Waals surface area contributed by atoms with Crippen molar-refractivity contribution in [3.8, 4) is 0 Å². The Balaban J connectivity index is 1.69. The first-order valence-electron chi connectivity index (χ1n) is 9.67. The van der Waals surface area contributed by atoms with Crippen LogP contribution < -0.4 is 16.0 Å². The van der Waals surface area contributed by atoms with E-state index in [1.54, 1.807) is 30.6 Å². The van der Waals surface area contributed by atoms with Crippen molar-refractivity contribution >= 4 is 17.5 Å². The molecule has 0 radical (unpaired) electrons. The molecule has 3 aromatic rings. The van der Waals surface area contributed by atoms with Crippen LogP contribution in [0.15, 0.2) is 60.9 Å². The second kappa shape index (κ2) is 10.9. The molecule has 156 valence electrons. The highest BCUT2D eigenvalue weighted by atomic mass is 19.1. The molecule has 1 amide bonds. The minimum absolute atomic E-state index is 0.0304. The van der Waals surface area contributed by atoms with Crippen molar-refractivity contribution in [2.45, 2.75) is 13.0 Å². The van der Waals surface area contributed by atoms with E-state index in [1.165, 1.54) is 12.1 Å². The SMILES string of the molecule is O=C(NCc1cccnc1)c1ccc(NCCO)nc1NCCc1cccc(F)c1. The van der Waals surface area contributed by atoms with Crippen LogP contribution in [0.3, 0.4) is 0 Å². The summed E-state index contributed by atoms with van der Waals surface area (Å²) in [4.78, 5) is 21.2. The van der Waals surface area contributed by atoms with Crippen LogP contribution in [0.5, 0.6) is 0 Å². The largest absolute Gasteiger partial charge is 0.395 e. The highest BCUT2D eigenvalue weighted by molar-refractivity contribution is 5.99. The Bertz CT molecular complexity index is 969. The molecule has 0 saturated heterocycles. The van der Waals surface area contributed by atoms with Gasteiger partial charge in [-0.25, -0.2) is 9.37 Å². The fraction of sp³-hybridized carbons (Fsp3) is 0.227. The van der Waals surface area contributed by atoms with Gasteiger partial charge in [0.25, 0.3) is 5.91 Å². The number of nitrogens with zero attached hydrogens (tertiary/aromatic N) is 2. The first-order chi connectivity index (χ1) is 14.7. The van der Waals surface area contributed by atoms with Crippen molar-refractivity contribution in [1.29, 1.82) is 0 Å². The van der Waals surface area contributed by atoms with E-state index >= 15 is 0 Å². The summed E-state index contributed by atoms with van der Waals surface area (Å²) in [5.41, 5.74) is 2.13. The molecule has 2 heterocycles. The Labute approximate surface area is 174 Å². The number of amides is 1. The van der Waals surface area contributed by atoms with Crippen LogP contribution in [0.1, 0.15) is 21.5 Å². The Kier molecular flexibility index (Phi) is 7.68. The van der Waals surface area contributed by atoms with Gasteiger partial charge in [0.15, 0.2) is 0 Å². The van der Waals surface area contributed by atoms with Gasteiger partial charge < -0.3 is 21.1 Å². The van der Waals surface area contributed by atoms with Crippen LogP contribution in [-0.4, -0.2) is 40.7 Å². The lowest BCUT2D eigenvalue weighted by Gasteiger charge is -2.14. The van der Waals surface area contributed by atoms with Gasteiger partial charge in [0.2, 0.25) is 0 Å². The van der Waals surface area contributed by atoms with Gasteiger partial charge >= 0.3 is 0 Å². The van der Waals surface area contributed by atoms with Crippen LogP contribution in [0.4, 0.5) is 16.0 Å². The number of aliphatic hydroxyl groups excluding tert-OH is 1. The van der Waals surface area contributed by atoms with Gasteiger partial charge in [0, 0.05) is 32.0 Å². The maximum Gasteiger partial charge on any atom is 0.255 e. The van der Waals surface area contributed by atoms with E-state index < -0.39 is 0 Å². The number of hydrogen-bond acceptors (Lipinski definition) is 6. The minimum atomic E-state index is -0.281. The van der Waals surface area contributed by atoms with Gasteiger partial charge in [-0.3, -0.25) is 9.78 Å². The van der Waals surface area contributed by atoms with Crippen molar-refractivity contribution in [1.82, 2.24) is 15.3 Å². The number of anilines is 2. The molecule has 0 saturated carbocycles. The number of pyridine rings is 2. The Morgan fingerprint density at radius 3 is 2.67 bits per heavy atom. The fourth-order valence-electron chi connectivity index (χ4n) is 2.86. The molecule has 0 fully saturated rings. The normalized spacial score (nSPS) is 10.5. The third-order valence-corrected chi connectivity index (χ3v) is 4.33. The molecule has 4 N–H and O–H groups in total. The van der Waals surface area contributed by atoms with E-state index in [9.17, 15) is 9.18 Å². The highest BCUT2D eigenvalue weighted by Crippen LogP contribution is 2.17. The zero-order valence-electron chi connectivity index (χ0n) is 16.4. The summed E-state index contributed by atoms with van der Waals surface area (Å²) in [5, 5.41) is 18.0. The van der Waals surface area contributed by atoms with E-state index in [-0.39, 0.29) is 18.3 Å². The van der Waals surface area contributed by atoms with Crippen LogP contribution >= 0.6 is 0 Å². The molecular formula is C22H24FN5O2. The fourth-order valence-corrected chi connectivity index (χ4v) is 2.86. The molecule has 0 atom stereocenters. The lowest BCUT2D eigenvalue weighted by molar-refractivity contribution is 0.0951. The maximum absolute atomic E-state index is 13.4. The van der Waals surface area contributed by atoms with E-state index in [4.69, 9.17) is 5.11 Å². The zero-order chi connectivity index (χ0) is 21.2. The Morgan fingerprint density at radius 2 is 1.90 bits per heavy atom. The van der Waals surface area contributed by atoms with Crippen molar-refractivity contribution in [2.24, 2.45) is 0 Å². The van der Waals surface area contributed by atoms with Gasteiger partial charge in [-0.2, -0.15) is 0 Å². The van der Waals surface area contributed by atoms with E-state index in [2.05, 4.69) is 25.9 Å². The highest BCUT2D eigenvalue weighted by Gasteiger charge is 2.14. The van der Waals surface area contributed by atoms with E-state index in [1.807, 2.05) is 18.2 Å². The lowest BCUT2D eigenvalue weighted by Crippen LogP contribution is -2.25.